The van der Waals surface area contributed by atoms with Crippen LogP contribution in [0.15, 0.2) is 18.2 Å². The van der Waals surface area contributed by atoms with Crippen molar-refractivity contribution in [1.82, 2.24) is 9.55 Å². The molecule has 1 aromatic carbocycles. The van der Waals surface area contributed by atoms with Crippen molar-refractivity contribution in [3.05, 3.63) is 29.0 Å². The van der Waals surface area contributed by atoms with E-state index in [1.165, 1.54) is 0 Å². The summed E-state index contributed by atoms with van der Waals surface area (Å²) in [5, 5.41) is 0.731. The van der Waals surface area contributed by atoms with Gasteiger partial charge < -0.3 is 9.30 Å². The molecule has 0 radical (unpaired) electrons. The van der Waals surface area contributed by atoms with Crippen LogP contribution in [0.25, 0.3) is 11.0 Å². The zero-order chi connectivity index (χ0) is 13.1. The topological polar surface area (TPSA) is 27.1 Å². The maximum absolute atomic E-state index is 6.02. The van der Waals surface area contributed by atoms with E-state index in [1.807, 2.05) is 18.2 Å². The van der Waals surface area contributed by atoms with Gasteiger partial charge in [-0.3, -0.25) is 0 Å². The molecule has 0 saturated heterocycles. The lowest BCUT2D eigenvalue weighted by molar-refractivity contribution is 0.187. The minimum atomic E-state index is 0.438. The Morgan fingerprint density at radius 3 is 2.89 bits per heavy atom. The minimum absolute atomic E-state index is 0.438. The van der Waals surface area contributed by atoms with Crippen LogP contribution in [0, 0.1) is 0 Å². The average Bonchev–Trinajstić information content (AvgIpc) is 2.73. The van der Waals surface area contributed by atoms with Gasteiger partial charge in [-0.05, 0) is 24.6 Å². The monoisotopic (exact) mass is 266 g/mol. The molecule has 1 aromatic heterocycles. The van der Waals surface area contributed by atoms with Crippen molar-refractivity contribution in [3.63, 3.8) is 0 Å². The maximum atomic E-state index is 6.02. The van der Waals surface area contributed by atoms with Crippen LogP contribution in [0.1, 0.15) is 32.0 Å². The van der Waals surface area contributed by atoms with Gasteiger partial charge in [0.15, 0.2) is 0 Å². The summed E-state index contributed by atoms with van der Waals surface area (Å²) in [4.78, 5) is 4.72. The van der Waals surface area contributed by atoms with E-state index in [1.54, 1.807) is 7.11 Å². The summed E-state index contributed by atoms with van der Waals surface area (Å²) in [6.45, 7) is 5.90. The highest BCUT2D eigenvalue weighted by molar-refractivity contribution is 6.31. The highest BCUT2D eigenvalue weighted by Crippen LogP contribution is 2.26. The molecule has 0 bridgehead atoms. The van der Waals surface area contributed by atoms with Crippen molar-refractivity contribution in [2.75, 3.05) is 13.7 Å². The lowest BCUT2D eigenvalue weighted by Gasteiger charge is -2.12. The van der Waals surface area contributed by atoms with Gasteiger partial charge in [0, 0.05) is 24.6 Å². The van der Waals surface area contributed by atoms with E-state index < -0.39 is 0 Å². The summed E-state index contributed by atoms with van der Waals surface area (Å²) in [5.41, 5.74) is 2.10. The number of nitrogens with zero attached hydrogens (tertiary/aromatic N) is 2. The largest absolute Gasteiger partial charge is 0.383 e. The van der Waals surface area contributed by atoms with Crippen LogP contribution in [-0.2, 0) is 11.3 Å². The van der Waals surface area contributed by atoms with Crippen molar-refractivity contribution < 1.29 is 4.74 Å². The SMILES string of the molecule is CCC(C)c1nc2cc(Cl)ccc2n1CCOC. The normalized spacial score (nSPS) is 13.1. The molecule has 2 rings (SSSR count). The molecule has 4 heteroatoms. The van der Waals surface area contributed by atoms with Gasteiger partial charge in [-0.15, -0.1) is 0 Å². The number of hydrogen-bond donors (Lipinski definition) is 0. The first kappa shape index (κ1) is 13.4. The van der Waals surface area contributed by atoms with Crippen LogP contribution in [-0.4, -0.2) is 23.3 Å². The molecule has 1 unspecified atom stereocenters. The molecular formula is C14H19ClN2O. The number of benzene rings is 1. The van der Waals surface area contributed by atoms with Crippen LogP contribution >= 0.6 is 11.6 Å². The molecule has 1 atom stereocenters. The molecule has 98 valence electrons. The predicted octanol–water partition coefficient (Wildman–Crippen LogP) is 3.85. The van der Waals surface area contributed by atoms with Crippen molar-refractivity contribution in [2.24, 2.45) is 0 Å². The van der Waals surface area contributed by atoms with E-state index in [2.05, 4.69) is 18.4 Å². The number of hydrogen-bond acceptors (Lipinski definition) is 2. The quantitative estimate of drug-likeness (QED) is 0.822. The fraction of sp³-hybridized carbons (Fsp3) is 0.500. The molecule has 0 spiro atoms. The number of methoxy groups -OCH3 is 1. The lowest BCUT2D eigenvalue weighted by atomic mass is 10.1. The Kier molecular flexibility index (Phi) is 4.25. The van der Waals surface area contributed by atoms with E-state index in [0.717, 1.165) is 34.8 Å². The smallest absolute Gasteiger partial charge is 0.112 e. The van der Waals surface area contributed by atoms with Crippen LogP contribution in [0.5, 0.6) is 0 Å². The summed E-state index contributed by atoms with van der Waals surface area (Å²) in [6, 6.07) is 5.87. The van der Waals surface area contributed by atoms with Crippen LogP contribution in [0.4, 0.5) is 0 Å². The van der Waals surface area contributed by atoms with Crippen LogP contribution in [0.2, 0.25) is 5.02 Å². The second-order valence-corrected chi connectivity index (χ2v) is 4.99. The predicted molar refractivity (Wildman–Crippen MR) is 75.3 cm³/mol. The number of rotatable bonds is 5. The second kappa shape index (κ2) is 5.72. The van der Waals surface area contributed by atoms with E-state index in [9.17, 15) is 0 Å². The molecule has 0 N–H and O–H groups in total. The van der Waals surface area contributed by atoms with Gasteiger partial charge in [0.05, 0.1) is 17.6 Å². The molecule has 0 aliphatic heterocycles. The summed E-state index contributed by atoms with van der Waals surface area (Å²) < 4.78 is 7.42. The van der Waals surface area contributed by atoms with Gasteiger partial charge in [-0.2, -0.15) is 0 Å². The fourth-order valence-electron chi connectivity index (χ4n) is 2.10. The molecule has 0 fully saturated rings. The standard InChI is InChI=1S/C14H19ClN2O/c1-4-10(2)14-16-12-9-11(15)5-6-13(12)17(14)7-8-18-3/h5-6,9-10H,4,7-8H2,1-3H3. The van der Waals surface area contributed by atoms with Gasteiger partial charge in [-0.1, -0.05) is 25.4 Å². The van der Waals surface area contributed by atoms with Crippen molar-refractivity contribution in [1.29, 1.82) is 0 Å². The van der Waals surface area contributed by atoms with Gasteiger partial charge in [0.2, 0.25) is 0 Å². The Balaban J connectivity index is 2.52. The summed E-state index contributed by atoms with van der Waals surface area (Å²) in [6.07, 6.45) is 1.07. The number of imidazole rings is 1. The third-order valence-corrected chi connectivity index (χ3v) is 3.55. The third-order valence-electron chi connectivity index (χ3n) is 3.31. The average molecular weight is 267 g/mol. The molecule has 2 aromatic rings. The van der Waals surface area contributed by atoms with Gasteiger partial charge in [0.25, 0.3) is 0 Å². The van der Waals surface area contributed by atoms with Crippen LogP contribution in [0.3, 0.4) is 0 Å². The van der Waals surface area contributed by atoms with Gasteiger partial charge in [0.1, 0.15) is 5.82 Å². The Bertz CT molecular complexity index is 536. The lowest BCUT2D eigenvalue weighted by Crippen LogP contribution is -2.10. The third kappa shape index (κ3) is 2.52. The zero-order valence-corrected chi connectivity index (χ0v) is 11.9. The first-order valence-electron chi connectivity index (χ1n) is 6.32. The van der Waals surface area contributed by atoms with Crippen molar-refractivity contribution >= 4 is 22.6 Å². The maximum Gasteiger partial charge on any atom is 0.112 e. The van der Waals surface area contributed by atoms with E-state index in [0.29, 0.717) is 12.5 Å². The summed E-state index contributed by atoms with van der Waals surface area (Å²) in [5.74, 6) is 1.56. The molecule has 1 heterocycles. The number of fused-ring (bicyclic) bond motifs is 1. The van der Waals surface area contributed by atoms with E-state index in [-0.39, 0.29) is 0 Å². The summed E-state index contributed by atoms with van der Waals surface area (Å²) in [7, 11) is 1.72. The van der Waals surface area contributed by atoms with E-state index >= 15 is 0 Å². The highest BCUT2D eigenvalue weighted by Gasteiger charge is 2.15. The number of aromatic nitrogens is 2. The number of halogens is 1. The van der Waals surface area contributed by atoms with Gasteiger partial charge in [-0.25, -0.2) is 4.98 Å². The highest BCUT2D eigenvalue weighted by atomic mass is 35.5. The summed E-state index contributed by atoms with van der Waals surface area (Å²) >= 11 is 6.02. The fourth-order valence-corrected chi connectivity index (χ4v) is 2.26. The molecule has 3 nitrogen and oxygen atoms in total. The Hall–Kier alpha value is -1.06. The number of ether oxygens (including phenoxy) is 1. The van der Waals surface area contributed by atoms with Crippen molar-refractivity contribution in [2.45, 2.75) is 32.7 Å². The first-order valence-corrected chi connectivity index (χ1v) is 6.69. The molecular weight excluding hydrogens is 248 g/mol. The zero-order valence-electron chi connectivity index (χ0n) is 11.1. The van der Waals surface area contributed by atoms with E-state index in [4.69, 9.17) is 21.3 Å². The van der Waals surface area contributed by atoms with Gasteiger partial charge >= 0.3 is 0 Å². The van der Waals surface area contributed by atoms with Crippen molar-refractivity contribution in [3.8, 4) is 0 Å². The Labute approximate surface area is 113 Å². The second-order valence-electron chi connectivity index (χ2n) is 4.56. The Morgan fingerprint density at radius 1 is 1.44 bits per heavy atom. The first-order chi connectivity index (χ1) is 8.67. The van der Waals surface area contributed by atoms with Crippen LogP contribution < -0.4 is 0 Å². The molecule has 18 heavy (non-hydrogen) atoms. The minimum Gasteiger partial charge on any atom is -0.383 e. The molecule has 0 aliphatic rings. The Morgan fingerprint density at radius 2 is 2.22 bits per heavy atom. The molecule has 0 saturated carbocycles. The molecule has 0 amide bonds. The molecule has 0 aliphatic carbocycles.